The summed E-state index contributed by atoms with van der Waals surface area (Å²) in [6.07, 6.45) is 4.75. The fourth-order valence-corrected chi connectivity index (χ4v) is 6.46. The molecule has 4 rings (SSSR count). The number of carboxylic acids is 1. The minimum absolute atomic E-state index is 0.208. The Balaban J connectivity index is 1.25. The Bertz CT molecular complexity index is 1120. The second kappa shape index (κ2) is 12.1. The number of urea groups is 1. The highest BCUT2D eigenvalue weighted by molar-refractivity contribution is 7.28. The van der Waals surface area contributed by atoms with E-state index < -0.39 is 18.0 Å². The molecule has 3 heterocycles. The third-order valence-corrected chi connectivity index (χ3v) is 8.46. The van der Waals surface area contributed by atoms with E-state index in [9.17, 15) is 19.5 Å². The monoisotopic (exact) mass is 514 g/mol. The molecule has 1 saturated heterocycles. The van der Waals surface area contributed by atoms with Gasteiger partial charge in [0.2, 0.25) is 0 Å². The number of amides is 3. The predicted octanol–water partition coefficient (Wildman–Crippen LogP) is 3.58. The number of carboxylic acid groups (broad SMARTS) is 1. The second-order valence-corrected chi connectivity index (χ2v) is 10.9. The van der Waals surface area contributed by atoms with E-state index >= 15 is 0 Å². The normalized spacial score (nSPS) is 15.0. The molecular formula is C25H30N4O4S2. The van der Waals surface area contributed by atoms with E-state index in [2.05, 4.69) is 27.3 Å². The SMILES string of the molecule is O=C(NCc1ccccc1)N[C@@H](CNC(=O)c1cc2sc(CCC3CCNCC3)cc2s1)C(=O)O. The number of carbonyl (C=O) groups excluding carboxylic acids is 2. The number of aryl methyl sites for hydroxylation is 1. The molecule has 10 heteroatoms. The summed E-state index contributed by atoms with van der Waals surface area (Å²) in [7, 11) is 0. The Labute approximate surface area is 212 Å². The molecule has 3 aromatic rings. The minimum atomic E-state index is -1.24. The molecule has 0 unspecified atom stereocenters. The van der Waals surface area contributed by atoms with E-state index in [-0.39, 0.29) is 19.0 Å². The maximum absolute atomic E-state index is 12.6. The molecule has 1 atom stereocenters. The van der Waals surface area contributed by atoms with Crippen LogP contribution in [0.4, 0.5) is 4.79 Å². The largest absolute Gasteiger partial charge is 0.480 e. The van der Waals surface area contributed by atoms with Crippen molar-refractivity contribution in [3.8, 4) is 0 Å². The van der Waals surface area contributed by atoms with Crippen LogP contribution in [0.15, 0.2) is 42.5 Å². The average Bonchev–Trinajstić information content (AvgIpc) is 3.44. The number of aliphatic carboxylic acids is 1. The lowest BCUT2D eigenvalue weighted by atomic mass is 9.93. The molecule has 0 aliphatic carbocycles. The molecule has 186 valence electrons. The quantitative estimate of drug-likeness (QED) is 0.283. The number of thiophene rings is 2. The molecule has 0 saturated carbocycles. The van der Waals surface area contributed by atoms with Crippen molar-refractivity contribution in [1.82, 2.24) is 21.3 Å². The third-order valence-electron chi connectivity index (χ3n) is 6.11. The number of piperidine rings is 1. The molecule has 0 spiro atoms. The highest BCUT2D eigenvalue weighted by Gasteiger charge is 2.22. The zero-order valence-corrected chi connectivity index (χ0v) is 21.0. The van der Waals surface area contributed by atoms with Gasteiger partial charge in [-0.2, -0.15) is 0 Å². The maximum Gasteiger partial charge on any atom is 0.328 e. The van der Waals surface area contributed by atoms with Crippen molar-refractivity contribution in [2.24, 2.45) is 5.92 Å². The third kappa shape index (κ3) is 7.27. The maximum atomic E-state index is 12.6. The number of carbonyl (C=O) groups is 3. The topological polar surface area (TPSA) is 120 Å². The Morgan fingerprint density at radius 2 is 1.77 bits per heavy atom. The fraction of sp³-hybridized carbons (Fsp3) is 0.400. The molecular weight excluding hydrogens is 484 g/mol. The Morgan fingerprint density at radius 1 is 1.03 bits per heavy atom. The van der Waals surface area contributed by atoms with Gasteiger partial charge in [-0.3, -0.25) is 4.79 Å². The molecule has 1 aromatic carbocycles. The van der Waals surface area contributed by atoms with E-state index in [4.69, 9.17) is 0 Å². The molecule has 2 aromatic heterocycles. The van der Waals surface area contributed by atoms with E-state index in [1.54, 1.807) is 11.3 Å². The van der Waals surface area contributed by atoms with E-state index in [1.165, 1.54) is 35.5 Å². The highest BCUT2D eigenvalue weighted by atomic mass is 32.1. The van der Waals surface area contributed by atoms with E-state index in [0.29, 0.717) is 4.88 Å². The zero-order valence-electron chi connectivity index (χ0n) is 19.3. The van der Waals surface area contributed by atoms with Gasteiger partial charge < -0.3 is 26.4 Å². The van der Waals surface area contributed by atoms with Gasteiger partial charge >= 0.3 is 12.0 Å². The molecule has 0 radical (unpaired) electrons. The number of hydrogen-bond acceptors (Lipinski definition) is 6. The van der Waals surface area contributed by atoms with Crippen molar-refractivity contribution in [2.75, 3.05) is 19.6 Å². The number of nitrogens with one attached hydrogen (secondary N) is 4. The van der Waals surface area contributed by atoms with Gasteiger partial charge in [0, 0.05) is 27.4 Å². The van der Waals surface area contributed by atoms with E-state index in [0.717, 1.165) is 40.4 Å². The molecule has 35 heavy (non-hydrogen) atoms. The minimum Gasteiger partial charge on any atom is -0.480 e. The van der Waals surface area contributed by atoms with Crippen LogP contribution in [0.1, 0.15) is 39.4 Å². The van der Waals surface area contributed by atoms with Gasteiger partial charge in [0.05, 0.1) is 4.88 Å². The molecule has 5 N–H and O–H groups in total. The van der Waals surface area contributed by atoms with Crippen LogP contribution < -0.4 is 21.3 Å². The first-order valence-electron chi connectivity index (χ1n) is 11.8. The van der Waals surface area contributed by atoms with Crippen LogP contribution in [0.5, 0.6) is 0 Å². The zero-order chi connectivity index (χ0) is 24.6. The van der Waals surface area contributed by atoms with Gasteiger partial charge in [-0.25, -0.2) is 9.59 Å². The van der Waals surface area contributed by atoms with Gasteiger partial charge in [0.15, 0.2) is 0 Å². The first-order chi connectivity index (χ1) is 17.0. The van der Waals surface area contributed by atoms with Crippen LogP contribution in [0.2, 0.25) is 0 Å². The summed E-state index contributed by atoms with van der Waals surface area (Å²) in [5.74, 6) is -0.771. The molecule has 1 aliphatic rings. The molecule has 8 nitrogen and oxygen atoms in total. The van der Waals surface area contributed by atoms with Crippen molar-refractivity contribution in [1.29, 1.82) is 0 Å². The van der Waals surface area contributed by atoms with Gasteiger partial charge in [0.25, 0.3) is 5.91 Å². The van der Waals surface area contributed by atoms with Crippen LogP contribution >= 0.6 is 22.7 Å². The lowest BCUT2D eigenvalue weighted by Crippen LogP contribution is -2.51. The Morgan fingerprint density at radius 3 is 2.49 bits per heavy atom. The first-order valence-corrected chi connectivity index (χ1v) is 13.4. The smallest absolute Gasteiger partial charge is 0.328 e. The Kier molecular flexibility index (Phi) is 8.73. The summed E-state index contributed by atoms with van der Waals surface area (Å²) in [5, 5.41) is 20.5. The van der Waals surface area contributed by atoms with Gasteiger partial charge in [-0.15, -0.1) is 22.7 Å². The summed E-state index contributed by atoms with van der Waals surface area (Å²) in [4.78, 5) is 38.2. The number of benzene rings is 1. The van der Waals surface area contributed by atoms with Crippen LogP contribution in [-0.2, 0) is 17.8 Å². The van der Waals surface area contributed by atoms with Crippen molar-refractivity contribution >= 4 is 50.0 Å². The number of fused-ring (bicyclic) bond motifs is 1. The Hall–Kier alpha value is -2.95. The van der Waals surface area contributed by atoms with E-state index in [1.807, 2.05) is 36.4 Å². The van der Waals surface area contributed by atoms with Crippen LogP contribution in [-0.4, -0.2) is 48.7 Å². The fourth-order valence-electron chi connectivity index (χ4n) is 4.11. The molecule has 3 amide bonds. The second-order valence-electron chi connectivity index (χ2n) is 8.70. The van der Waals surface area contributed by atoms with Crippen LogP contribution in [0.25, 0.3) is 9.40 Å². The summed E-state index contributed by atoms with van der Waals surface area (Å²) in [6.45, 7) is 2.29. The predicted molar refractivity (Wildman–Crippen MR) is 139 cm³/mol. The molecule has 0 bridgehead atoms. The summed E-state index contributed by atoms with van der Waals surface area (Å²) in [6, 6.07) is 11.5. The highest BCUT2D eigenvalue weighted by Crippen LogP contribution is 2.34. The van der Waals surface area contributed by atoms with Gasteiger partial charge in [-0.05, 0) is 62.4 Å². The van der Waals surface area contributed by atoms with Crippen LogP contribution in [0.3, 0.4) is 0 Å². The number of hydrogen-bond donors (Lipinski definition) is 5. The van der Waals surface area contributed by atoms with Crippen molar-refractivity contribution in [3.63, 3.8) is 0 Å². The lowest BCUT2D eigenvalue weighted by Gasteiger charge is -2.22. The van der Waals surface area contributed by atoms with Crippen molar-refractivity contribution < 1.29 is 19.5 Å². The lowest BCUT2D eigenvalue weighted by molar-refractivity contribution is -0.139. The average molecular weight is 515 g/mol. The van der Waals surface area contributed by atoms with Gasteiger partial charge in [0.1, 0.15) is 6.04 Å². The van der Waals surface area contributed by atoms with Crippen LogP contribution in [0, 0.1) is 5.92 Å². The molecule has 1 aliphatic heterocycles. The summed E-state index contributed by atoms with van der Waals surface area (Å²) in [5.41, 5.74) is 0.898. The summed E-state index contributed by atoms with van der Waals surface area (Å²) < 4.78 is 2.15. The standard InChI is InChI=1S/C25H30N4O4S2/c30-23(27-15-19(24(31)32)29-25(33)28-14-17-4-2-1-3-5-17)22-13-21-20(35-22)12-18(34-21)7-6-16-8-10-26-11-9-16/h1-5,12-13,16,19,26H,6-11,14-15H2,(H,27,30)(H,31,32)(H2,28,29,33)/t19-/m0/s1. The van der Waals surface area contributed by atoms with Gasteiger partial charge in [-0.1, -0.05) is 30.3 Å². The van der Waals surface area contributed by atoms with Crippen molar-refractivity contribution in [3.05, 3.63) is 57.8 Å². The summed E-state index contributed by atoms with van der Waals surface area (Å²) >= 11 is 3.13. The first kappa shape index (κ1) is 25.2. The molecule has 1 fully saturated rings. The van der Waals surface area contributed by atoms with Crippen molar-refractivity contribution in [2.45, 2.75) is 38.3 Å². The number of rotatable bonds is 10.